The van der Waals surface area contributed by atoms with Gasteiger partial charge in [0.05, 0.1) is 18.2 Å². The maximum Gasteiger partial charge on any atom is 0.130 e. The Kier molecular flexibility index (Phi) is 3.51. The van der Waals surface area contributed by atoms with Crippen molar-refractivity contribution in [3.05, 3.63) is 48.0 Å². The van der Waals surface area contributed by atoms with Crippen molar-refractivity contribution in [2.75, 3.05) is 0 Å². The van der Waals surface area contributed by atoms with E-state index < -0.39 is 0 Å². The molecule has 0 unspecified atom stereocenters. The smallest absolute Gasteiger partial charge is 0.130 e. The number of hydrogen-bond donors (Lipinski definition) is 1. The molecule has 1 fully saturated rings. The molecule has 0 aliphatic heterocycles. The zero-order chi connectivity index (χ0) is 13.1. The highest BCUT2D eigenvalue weighted by molar-refractivity contribution is 5.33. The highest BCUT2D eigenvalue weighted by Gasteiger charge is 2.20. The molecule has 1 N–H and O–H groups in total. The number of aromatic nitrogens is 2. The van der Waals surface area contributed by atoms with E-state index in [0.717, 1.165) is 18.0 Å². The number of benzene rings is 1. The van der Waals surface area contributed by atoms with E-state index in [4.69, 9.17) is 4.74 Å². The first kappa shape index (κ1) is 12.2. The Labute approximate surface area is 113 Å². The van der Waals surface area contributed by atoms with Crippen molar-refractivity contribution in [1.29, 1.82) is 0 Å². The number of rotatable bonds is 6. The molecule has 0 bridgehead atoms. The van der Waals surface area contributed by atoms with Gasteiger partial charge in [0, 0.05) is 25.2 Å². The van der Waals surface area contributed by atoms with E-state index in [2.05, 4.69) is 22.4 Å². The molecule has 4 nitrogen and oxygen atoms in total. The largest absolute Gasteiger partial charge is 0.487 e. The van der Waals surface area contributed by atoms with Gasteiger partial charge >= 0.3 is 0 Å². The van der Waals surface area contributed by atoms with Gasteiger partial charge in [0.15, 0.2) is 0 Å². The van der Waals surface area contributed by atoms with Crippen molar-refractivity contribution in [2.24, 2.45) is 7.05 Å². The van der Waals surface area contributed by atoms with Crippen molar-refractivity contribution < 1.29 is 4.74 Å². The Morgan fingerprint density at radius 2 is 2.21 bits per heavy atom. The number of nitrogens with one attached hydrogen (secondary N) is 1. The average Bonchev–Trinajstić information content (AvgIpc) is 3.17. The zero-order valence-electron chi connectivity index (χ0n) is 11.2. The van der Waals surface area contributed by atoms with E-state index in [1.54, 1.807) is 6.33 Å². The van der Waals surface area contributed by atoms with Crippen LogP contribution in [0.25, 0.3) is 0 Å². The minimum Gasteiger partial charge on any atom is -0.487 e. The van der Waals surface area contributed by atoms with Gasteiger partial charge in [-0.3, -0.25) is 0 Å². The summed E-state index contributed by atoms with van der Waals surface area (Å²) in [5.74, 6) is 0.955. The number of aryl methyl sites for hydroxylation is 1. The fraction of sp³-hybridized carbons (Fsp3) is 0.400. The highest BCUT2D eigenvalue weighted by Crippen LogP contribution is 2.23. The molecule has 1 aliphatic carbocycles. The molecule has 0 saturated heterocycles. The first-order valence-electron chi connectivity index (χ1n) is 6.72. The predicted molar refractivity (Wildman–Crippen MR) is 73.8 cm³/mol. The monoisotopic (exact) mass is 257 g/mol. The van der Waals surface area contributed by atoms with Crippen LogP contribution in [0.5, 0.6) is 5.75 Å². The molecular weight excluding hydrogens is 238 g/mol. The molecule has 3 rings (SSSR count). The molecule has 0 spiro atoms. The summed E-state index contributed by atoms with van der Waals surface area (Å²) in [5.41, 5.74) is 2.29. The standard InChI is InChI=1S/C15H19N3O/c1-18-11-16-9-14(18)10-19-15-5-3-2-4-12(15)8-17-13-6-7-13/h2-5,9,11,13,17H,6-8,10H2,1H3. The van der Waals surface area contributed by atoms with E-state index >= 15 is 0 Å². The molecule has 1 aromatic carbocycles. The fourth-order valence-electron chi connectivity index (χ4n) is 2.01. The maximum atomic E-state index is 5.91. The van der Waals surface area contributed by atoms with Gasteiger partial charge in [-0.15, -0.1) is 0 Å². The van der Waals surface area contributed by atoms with Crippen molar-refractivity contribution in [3.8, 4) is 5.75 Å². The van der Waals surface area contributed by atoms with Crippen LogP contribution in [0, 0.1) is 0 Å². The van der Waals surface area contributed by atoms with E-state index in [9.17, 15) is 0 Å². The minimum atomic E-state index is 0.553. The topological polar surface area (TPSA) is 39.1 Å². The molecular formula is C15H19N3O. The lowest BCUT2D eigenvalue weighted by atomic mass is 10.2. The summed E-state index contributed by atoms with van der Waals surface area (Å²) in [7, 11) is 1.98. The third kappa shape index (κ3) is 3.15. The molecule has 0 radical (unpaired) electrons. The normalized spacial score (nSPS) is 14.6. The summed E-state index contributed by atoms with van der Waals surface area (Å²) in [6.45, 7) is 1.43. The third-order valence-corrected chi connectivity index (χ3v) is 3.42. The minimum absolute atomic E-state index is 0.553. The quantitative estimate of drug-likeness (QED) is 0.862. The molecule has 19 heavy (non-hydrogen) atoms. The van der Waals surface area contributed by atoms with Crippen LogP contribution in [0.15, 0.2) is 36.8 Å². The molecule has 0 amide bonds. The van der Waals surface area contributed by atoms with Gasteiger partial charge in [0.25, 0.3) is 0 Å². The van der Waals surface area contributed by atoms with Crippen LogP contribution in [0.3, 0.4) is 0 Å². The summed E-state index contributed by atoms with van der Waals surface area (Å²) in [6.07, 6.45) is 6.24. The summed E-state index contributed by atoms with van der Waals surface area (Å²) < 4.78 is 7.89. The summed E-state index contributed by atoms with van der Waals surface area (Å²) in [6, 6.07) is 8.93. The molecule has 1 aromatic heterocycles. The summed E-state index contributed by atoms with van der Waals surface area (Å²) in [5, 5.41) is 3.52. The Morgan fingerprint density at radius 3 is 2.95 bits per heavy atom. The van der Waals surface area contributed by atoms with Crippen molar-refractivity contribution in [1.82, 2.24) is 14.9 Å². The van der Waals surface area contributed by atoms with E-state index in [1.165, 1.54) is 18.4 Å². The van der Waals surface area contributed by atoms with Crippen molar-refractivity contribution >= 4 is 0 Å². The molecule has 0 atom stereocenters. The van der Waals surface area contributed by atoms with Gasteiger partial charge in [-0.2, -0.15) is 0 Å². The molecule has 2 aromatic rings. The number of imidazole rings is 1. The predicted octanol–water partition coefficient (Wildman–Crippen LogP) is 2.25. The lowest BCUT2D eigenvalue weighted by Crippen LogP contribution is -2.16. The van der Waals surface area contributed by atoms with Crippen LogP contribution < -0.4 is 10.1 Å². The Morgan fingerprint density at radius 1 is 1.37 bits per heavy atom. The van der Waals surface area contributed by atoms with E-state index in [1.807, 2.05) is 29.9 Å². The van der Waals surface area contributed by atoms with Crippen molar-refractivity contribution in [2.45, 2.75) is 32.0 Å². The lowest BCUT2D eigenvalue weighted by Gasteiger charge is -2.12. The van der Waals surface area contributed by atoms with E-state index in [-0.39, 0.29) is 0 Å². The van der Waals surface area contributed by atoms with Crippen LogP contribution in [-0.4, -0.2) is 15.6 Å². The van der Waals surface area contributed by atoms with Crippen LogP contribution >= 0.6 is 0 Å². The van der Waals surface area contributed by atoms with E-state index in [0.29, 0.717) is 12.6 Å². The second-order valence-electron chi connectivity index (χ2n) is 5.05. The highest BCUT2D eigenvalue weighted by atomic mass is 16.5. The Balaban J connectivity index is 1.64. The maximum absolute atomic E-state index is 5.91. The van der Waals surface area contributed by atoms with Crippen molar-refractivity contribution in [3.63, 3.8) is 0 Å². The molecule has 4 heteroatoms. The summed E-state index contributed by atoms with van der Waals surface area (Å²) >= 11 is 0. The van der Waals surface area contributed by atoms with Gasteiger partial charge in [-0.25, -0.2) is 4.98 Å². The second kappa shape index (κ2) is 5.45. The third-order valence-electron chi connectivity index (χ3n) is 3.42. The SMILES string of the molecule is Cn1cncc1COc1ccccc1CNC1CC1. The van der Waals surface area contributed by atoms with Crippen LogP contribution in [0.2, 0.25) is 0 Å². The van der Waals surface area contributed by atoms with Crippen LogP contribution in [0.4, 0.5) is 0 Å². The Bertz CT molecular complexity index is 546. The van der Waals surface area contributed by atoms with Gasteiger partial charge < -0.3 is 14.6 Å². The van der Waals surface area contributed by atoms with Gasteiger partial charge in [0.1, 0.15) is 12.4 Å². The lowest BCUT2D eigenvalue weighted by molar-refractivity contribution is 0.293. The average molecular weight is 257 g/mol. The van der Waals surface area contributed by atoms with Gasteiger partial charge in [-0.05, 0) is 18.9 Å². The zero-order valence-corrected chi connectivity index (χ0v) is 11.2. The molecule has 1 saturated carbocycles. The van der Waals surface area contributed by atoms with Crippen LogP contribution in [-0.2, 0) is 20.2 Å². The fourth-order valence-corrected chi connectivity index (χ4v) is 2.01. The number of nitrogens with zero attached hydrogens (tertiary/aromatic N) is 2. The number of ether oxygens (including phenoxy) is 1. The molecule has 100 valence electrons. The number of hydrogen-bond acceptors (Lipinski definition) is 3. The first-order chi connectivity index (χ1) is 9.33. The number of para-hydroxylation sites is 1. The van der Waals surface area contributed by atoms with Gasteiger partial charge in [0.2, 0.25) is 0 Å². The van der Waals surface area contributed by atoms with Crippen LogP contribution in [0.1, 0.15) is 24.1 Å². The second-order valence-corrected chi connectivity index (χ2v) is 5.05. The Hall–Kier alpha value is -1.81. The molecule has 1 heterocycles. The van der Waals surface area contributed by atoms with Gasteiger partial charge in [-0.1, -0.05) is 18.2 Å². The first-order valence-corrected chi connectivity index (χ1v) is 6.72. The summed E-state index contributed by atoms with van der Waals surface area (Å²) in [4.78, 5) is 4.09. The molecule has 1 aliphatic rings.